The van der Waals surface area contributed by atoms with Gasteiger partial charge in [0.05, 0.1) is 6.20 Å². The van der Waals surface area contributed by atoms with Gasteiger partial charge in [-0.2, -0.15) is 18.2 Å². The normalized spacial score (nSPS) is 15.9. The molecule has 1 amide bonds. The Morgan fingerprint density at radius 2 is 2.06 bits per heavy atom. The highest BCUT2D eigenvalue weighted by Crippen LogP contribution is 2.30. The molecule has 3 aromatic heterocycles. The standard InChI is InChI=1S/C18H19F3N8O2/c1-28-5-2-10(3-6-28)31-17-11(8-23-9-24-17)25-16(30)13-14(22)27-29-7-4-12(18(19,20)21)26-15(13)29/h4,7-10H,2-3,5-6H2,1H3,(H2,22,27)(H,25,30). The Labute approximate surface area is 174 Å². The fraction of sp³-hybridized carbons (Fsp3) is 0.389. The number of amides is 1. The van der Waals surface area contributed by atoms with Crippen molar-refractivity contribution in [2.45, 2.75) is 25.1 Å². The van der Waals surface area contributed by atoms with E-state index in [0.29, 0.717) is 0 Å². The molecule has 3 N–H and O–H groups in total. The minimum atomic E-state index is -4.68. The number of likely N-dealkylation sites (tertiary alicyclic amines) is 1. The molecule has 0 saturated carbocycles. The van der Waals surface area contributed by atoms with Gasteiger partial charge in [0, 0.05) is 19.3 Å². The zero-order valence-corrected chi connectivity index (χ0v) is 16.4. The lowest BCUT2D eigenvalue weighted by molar-refractivity contribution is -0.141. The van der Waals surface area contributed by atoms with E-state index in [1.807, 2.05) is 7.05 Å². The van der Waals surface area contributed by atoms with Crippen LogP contribution in [0.25, 0.3) is 5.65 Å². The quantitative estimate of drug-likeness (QED) is 0.635. The molecule has 0 unspecified atom stereocenters. The van der Waals surface area contributed by atoms with E-state index in [-0.39, 0.29) is 34.7 Å². The first kappa shape index (κ1) is 20.8. The molecule has 0 aromatic carbocycles. The van der Waals surface area contributed by atoms with Gasteiger partial charge >= 0.3 is 6.18 Å². The largest absolute Gasteiger partial charge is 0.473 e. The zero-order chi connectivity index (χ0) is 22.2. The second-order valence-electron chi connectivity index (χ2n) is 7.16. The van der Waals surface area contributed by atoms with E-state index in [1.165, 1.54) is 12.5 Å². The van der Waals surface area contributed by atoms with Gasteiger partial charge < -0.3 is 20.7 Å². The van der Waals surface area contributed by atoms with Crippen molar-refractivity contribution >= 4 is 23.1 Å². The maximum Gasteiger partial charge on any atom is 0.433 e. The molecule has 0 bridgehead atoms. The Hall–Kier alpha value is -3.48. The van der Waals surface area contributed by atoms with Crippen LogP contribution in [0, 0.1) is 0 Å². The summed E-state index contributed by atoms with van der Waals surface area (Å²) in [4.78, 5) is 26.5. The minimum absolute atomic E-state index is 0.0835. The molecule has 1 aliphatic heterocycles. The van der Waals surface area contributed by atoms with Crippen molar-refractivity contribution in [2.24, 2.45) is 0 Å². The maximum absolute atomic E-state index is 13.0. The molecule has 13 heteroatoms. The van der Waals surface area contributed by atoms with Crippen molar-refractivity contribution in [2.75, 3.05) is 31.2 Å². The molecular formula is C18H19F3N8O2. The van der Waals surface area contributed by atoms with Crippen molar-refractivity contribution in [3.8, 4) is 5.88 Å². The van der Waals surface area contributed by atoms with E-state index in [2.05, 4.69) is 30.3 Å². The van der Waals surface area contributed by atoms with Crippen LogP contribution in [0.1, 0.15) is 28.9 Å². The molecule has 0 aliphatic carbocycles. The van der Waals surface area contributed by atoms with Crippen LogP contribution < -0.4 is 15.8 Å². The van der Waals surface area contributed by atoms with Gasteiger partial charge in [-0.05, 0) is 26.0 Å². The summed E-state index contributed by atoms with van der Waals surface area (Å²) < 4.78 is 46.1. The van der Waals surface area contributed by atoms with Crippen molar-refractivity contribution in [3.63, 3.8) is 0 Å². The van der Waals surface area contributed by atoms with Gasteiger partial charge in [0.2, 0.25) is 5.88 Å². The number of nitrogens with zero attached hydrogens (tertiary/aromatic N) is 6. The number of aromatic nitrogens is 5. The topological polar surface area (TPSA) is 124 Å². The van der Waals surface area contributed by atoms with Gasteiger partial charge in [-0.25, -0.2) is 14.5 Å². The number of carbonyl (C=O) groups excluding carboxylic acids is 1. The molecule has 164 valence electrons. The van der Waals surface area contributed by atoms with Gasteiger partial charge in [-0.15, -0.1) is 5.10 Å². The summed E-state index contributed by atoms with van der Waals surface area (Å²) >= 11 is 0. The molecule has 10 nitrogen and oxygen atoms in total. The number of ether oxygens (including phenoxy) is 1. The van der Waals surface area contributed by atoms with Crippen LogP contribution in [0.3, 0.4) is 0 Å². The third-order valence-electron chi connectivity index (χ3n) is 4.90. The van der Waals surface area contributed by atoms with E-state index >= 15 is 0 Å². The zero-order valence-electron chi connectivity index (χ0n) is 16.4. The first-order valence-corrected chi connectivity index (χ1v) is 9.41. The van der Waals surface area contributed by atoms with Crippen molar-refractivity contribution in [3.05, 3.63) is 36.0 Å². The average Bonchev–Trinajstić information content (AvgIpc) is 3.05. The molecule has 31 heavy (non-hydrogen) atoms. The predicted molar refractivity (Wildman–Crippen MR) is 104 cm³/mol. The lowest BCUT2D eigenvalue weighted by Gasteiger charge is -2.29. The van der Waals surface area contributed by atoms with Gasteiger partial charge in [0.15, 0.2) is 11.5 Å². The molecule has 1 aliphatic rings. The third kappa shape index (κ3) is 4.35. The number of hydrogen-bond acceptors (Lipinski definition) is 8. The van der Waals surface area contributed by atoms with Gasteiger partial charge in [0.25, 0.3) is 5.91 Å². The minimum Gasteiger partial charge on any atom is -0.473 e. The Morgan fingerprint density at radius 1 is 1.32 bits per heavy atom. The summed E-state index contributed by atoms with van der Waals surface area (Å²) in [6.07, 6.45) is 0.472. The fourth-order valence-electron chi connectivity index (χ4n) is 3.27. The number of carbonyl (C=O) groups is 1. The van der Waals surface area contributed by atoms with Crippen LogP contribution in [0.5, 0.6) is 5.88 Å². The highest BCUT2D eigenvalue weighted by atomic mass is 19.4. The Morgan fingerprint density at radius 3 is 2.77 bits per heavy atom. The van der Waals surface area contributed by atoms with Crippen LogP contribution >= 0.6 is 0 Å². The summed E-state index contributed by atoms with van der Waals surface area (Å²) in [5, 5.41) is 6.41. The smallest absolute Gasteiger partial charge is 0.433 e. The number of hydrogen-bond donors (Lipinski definition) is 2. The number of alkyl halides is 3. The molecule has 1 fully saturated rings. The van der Waals surface area contributed by atoms with Crippen LogP contribution in [-0.2, 0) is 6.18 Å². The first-order valence-electron chi connectivity index (χ1n) is 9.41. The molecule has 4 heterocycles. The van der Waals surface area contributed by atoms with Crippen LogP contribution in [0.4, 0.5) is 24.7 Å². The van der Waals surface area contributed by atoms with Crippen LogP contribution in [0.15, 0.2) is 24.8 Å². The van der Waals surface area contributed by atoms with Crippen molar-refractivity contribution < 1.29 is 22.7 Å². The molecule has 0 spiro atoms. The first-order chi connectivity index (χ1) is 14.7. The number of nitrogen functional groups attached to an aromatic ring is 1. The summed E-state index contributed by atoms with van der Waals surface area (Å²) in [6, 6.07) is 0.750. The van der Waals surface area contributed by atoms with Gasteiger partial charge in [-0.1, -0.05) is 0 Å². The second-order valence-corrected chi connectivity index (χ2v) is 7.16. The second kappa shape index (κ2) is 7.98. The summed E-state index contributed by atoms with van der Waals surface area (Å²) in [6.45, 7) is 1.73. The Balaban J connectivity index is 1.60. The molecular weight excluding hydrogens is 417 g/mol. The van der Waals surface area contributed by atoms with Crippen molar-refractivity contribution in [1.29, 1.82) is 0 Å². The number of nitrogens with one attached hydrogen (secondary N) is 1. The number of fused-ring (bicyclic) bond motifs is 1. The van der Waals surface area contributed by atoms with E-state index in [4.69, 9.17) is 10.5 Å². The molecule has 0 atom stereocenters. The van der Waals surface area contributed by atoms with Crippen LogP contribution in [0.2, 0.25) is 0 Å². The lowest BCUT2D eigenvalue weighted by Crippen LogP contribution is -2.36. The molecule has 0 radical (unpaired) electrons. The number of nitrogens with two attached hydrogens (primary N) is 1. The van der Waals surface area contributed by atoms with Crippen LogP contribution in [-0.4, -0.2) is 61.6 Å². The maximum atomic E-state index is 13.0. The SMILES string of the molecule is CN1CCC(Oc2ncncc2NC(=O)c2c(N)nn3ccc(C(F)(F)F)nc23)CC1. The number of rotatable bonds is 4. The van der Waals surface area contributed by atoms with E-state index in [1.54, 1.807) is 0 Å². The average molecular weight is 436 g/mol. The monoisotopic (exact) mass is 436 g/mol. The van der Waals surface area contributed by atoms with Gasteiger partial charge in [-0.3, -0.25) is 4.79 Å². The molecule has 4 rings (SSSR count). The van der Waals surface area contributed by atoms with E-state index in [9.17, 15) is 18.0 Å². The highest BCUT2D eigenvalue weighted by Gasteiger charge is 2.34. The number of piperidine rings is 1. The highest BCUT2D eigenvalue weighted by molar-refractivity contribution is 6.11. The predicted octanol–water partition coefficient (Wildman–Crippen LogP) is 1.85. The van der Waals surface area contributed by atoms with Gasteiger partial charge in [0.1, 0.15) is 29.4 Å². The molecule has 1 saturated heterocycles. The molecule has 3 aromatic rings. The van der Waals surface area contributed by atoms with E-state index < -0.39 is 17.8 Å². The Bertz CT molecular complexity index is 1110. The Kier molecular flexibility index (Phi) is 5.35. The summed E-state index contributed by atoms with van der Waals surface area (Å²) in [7, 11) is 2.02. The number of halogens is 3. The number of anilines is 2. The van der Waals surface area contributed by atoms with Crippen molar-refractivity contribution in [1.82, 2.24) is 29.5 Å². The lowest BCUT2D eigenvalue weighted by atomic mass is 10.1. The summed E-state index contributed by atoms with van der Waals surface area (Å²) in [5.74, 6) is -0.904. The fourth-order valence-corrected chi connectivity index (χ4v) is 3.27. The van der Waals surface area contributed by atoms with E-state index in [0.717, 1.165) is 42.7 Å². The third-order valence-corrected chi connectivity index (χ3v) is 4.90. The summed E-state index contributed by atoms with van der Waals surface area (Å²) in [5.41, 5.74) is 4.18.